The average Bonchev–Trinajstić information content (AvgIpc) is 2.93. The molecule has 3 aromatic rings. The van der Waals surface area contributed by atoms with Crippen molar-refractivity contribution in [2.45, 2.75) is 13.8 Å². The Morgan fingerprint density at radius 1 is 0.850 bits per heavy atom. The van der Waals surface area contributed by atoms with Crippen LogP contribution in [0.3, 0.4) is 0 Å². The smallest absolute Gasteiger partial charge is 0.325 e. The molecule has 0 aromatic heterocycles. The molecule has 0 heterocycles. The average molecular weight is 574 g/mol. The lowest BCUT2D eigenvalue weighted by molar-refractivity contribution is -0.143. The number of hydrogen-bond acceptors (Lipinski definition) is 7. The molecule has 0 saturated carbocycles. The van der Waals surface area contributed by atoms with Crippen molar-refractivity contribution in [2.75, 3.05) is 31.6 Å². The molecule has 0 spiro atoms. The molecule has 0 bridgehead atoms. The molecule has 2 amide bonds. The fraction of sp³-hybridized carbons (Fsp3) is 0.214. The predicted molar refractivity (Wildman–Crippen MR) is 144 cm³/mol. The number of ether oxygens (including phenoxy) is 2. The highest BCUT2D eigenvalue weighted by Crippen LogP contribution is 2.30. The highest BCUT2D eigenvalue weighted by atomic mass is 35.5. The maximum Gasteiger partial charge on any atom is 0.325 e. The molecule has 0 atom stereocenters. The molecule has 0 saturated heterocycles. The summed E-state index contributed by atoms with van der Waals surface area (Å²) in [5, 5.41) is 7.33. The van der Waals surface area contributed by atoms with E-state index < -0.39 is 41.7 Å². The Hall–Kier alpha value is -4.51. The highest BCUT2D eigenvalue weighted by Gasteiger charge is 2.21. The molecule has 0 aliphatic rings. The summed E-state index contributed by atoms with van der Waals surface area (Å²) < 4.78 is 38.3. The summed E-state index contributed by atoms with van der Waals surface area (Å²) in [6.07, 6.45) is 0. The second-order valence-corrected chi connectivity index (χ2v) is 8.56. The molecule has 210 valence electrons. The number of amides is 2. The van der Waals surface area contributed by atoms with Gasteiger partial charge >= 0.3 is 5.97 Å². The van der Waals surface area contributed by atoms with E-state index in [1.165, 1.54) is 42.5 Å². The minimum Gasteiger partial charge on any atom is -0.493 e. The first kappa shape index (κ1) is 30.0. The number of rotatable bonds is 12. The lowest BCUT2D eigenvalue weighted by Crippen LogP contribution is -2.39. The van der Waals surface area contributed by atoms with E-state index in [0.29, 0.717) is 0 Å². The molecular weight excluding hydrogens is 548 g/mol. The number of benzene rings is 3. The molecule has 12 heteroatoms. The Bertz CT molecular complexity index is 1410. The van der Waals surface area contributed by atoms with Gasteiger partial charge in [0.15, 0.2) is 5.78 Å². The Balaban J connectivity index is 1.78. The zero-order chi connectivity index (χ0) is 29.2. The van der Waals surface area contributed by atoms with Gasteiger partial charge in [-0.25, -0.2) is 8.78 Å². The molecule has 0 aliphatic carbocycles. The fourth-order valence-corrected chi connectivity index (χ4v) is 3.79. The number of ketones is 1. The summed E-state index contributed by atoms with van der Waals surface area (Å²) >= 11 is 6.36. The van der Waals surface area contributed by atoms with Crippen LogP contribution in [0.4, 0.5) is 20.2 Å². The molecule has 0 fully saturated rings. The minimum absolute atomic E-state index is 0.0117. The third-order valence-corrected chi connectivity index (χ3v) is 5.69. The highest BCUT2D eigenvalue weighted by molar-refractivity contribution is 6.35. The van der Waals surface area contributed by atoms with Gasteiger partial charge in [0.25, 0.3) is 5.91 Å². The van der Waals surface area contributed by atoms with Crippen LogP contribution in [0, 0.1) is 11.6 Å². The van der Waals surface area contributed by atoms with Gasteiger partial charge in [-0.2, -0.15) is 0 Å². The van der Waals surface area contributed by atoms with Crippen LogP contribution in [0.15, 0.2) is 54.6 Å². The van der Waals surface area contributed by atoms with Crippen LogP contribution in [0.5, 0.6) is 5.75 Å². The molecule has 0 unspecified atom stereocenters. The third-order valence-electron chi connectivity index (χ3n) is 5.38. The maximum atomic E-state index is 14.0. The quantitative estimate of drug-likeness (QED) is 0.217. The Morgan fingerprint density at radius 3 is 2.23 bits per heavy atom. The van der Waals surface area contributed by atoms with Crippen LogP contribution in [0.1, 0.15) is 40.1 Å². The number of esters is 1. The normalized spacial score (nSPS) is 10.4. The molecule has 3 rings (SSSR count). The first-order valence-corrected chi connectivity index (χ1v) is 12.5. The van der Waals surface area contributed by atoms with Crippen LogP contribution in [-0.4, -0.2) is 49.9 Å². The van der Waals surface area contributed by atoms with Crippen molar-refractivity contribution in [1.82, 2.24) is 10.6 Å². The van der Waals surface area contributed by atoms with E-state index in [-0.39, 0.29) is 58.6 Å². The number of anilines is 2. The van der Waals surface area contributed by atoms with E-state index in [4.69, 9.17) is 21.1 Å². The molecule has 0 aliphatic heterocycles. The lowest BCUT2D eigenvalue weighted by Gasteiger charge is -2.14. The Kier molecular flexibility index (Phi) is 10.5. The van der Waals surface area contributed by atoms with Gasteiger partial charge in [0, 0.05) is 16.8 Å². The summed E-state index contributed by atoms with van der Waals surface area (Å²) in [4.78, 5) is 49.4. The third kappa shape index (κ3) is 7.76. The lowest BCUT2D eigenvalue weighted by atomic mass is 9.99. The molecule has 9 nitrogen and oxygen atoms in total. The number of halogens is 3. The van der Waals surface area contributed by atoms with Gasteiger partial charge in [0.1, 0.15) is 29.6 Å². The minimum atomic E-state index is -0.802. The first-order valence-electron chi connectivity index (χ1n) is 12.2. The molecular formula is C28H26ClF2N3O6. The summed E-state index contributed by atoms with van der Waals surface area (Å²) in [6, 6.07) is 11.7. The van der Waals surface area contributed by atoms with E-state index in [0.717, 1.165) is 12.1 Å². The van der Waals surface area contributed by atoms with Crippen molar-refractivity contribution in [3.63, 3.8) is 0 Å². The number of para-hydroxylation sites is 1. The zero-order valence-corrected chi connectivity index (χ0v) is 22.4. The van der Waals surface area contributed by atoms with Crippen molar-refractivity contribution in [3.05, 3.63) is 87.9 Å². The van der Waals surface area contributed by atoms with Gasteiger partial charge in [-0.15, -0.1) is 0 Å². The van der Waals surface area contributed by atoms with E-state index in [1.807, 2.05) is 0 Å². The molecule has 0 radical (unpaired) electrons. The van der Waals surface area contributed by atoms with Crippen LogP contribution < -0.4 is 20.7 Å². The summed E-state index contributed by atoms with van der Waals surface area (Å²) in [5.41, 5.74) is 0.0195. The van der Waals surface area contributed by atoms with Crippen molar-refractivity contribution < 1.29 is 37.4 Å². The molecule has 3 N–H and O–H groups in total. The standard InChI is InChI=1S/C28H26ClF2N3O6/c1-3-39-23-11-8-16(28(38)33-14-24(35)32-15-25(36)40-4-2)12-19(23)27(37)18-10-9-17(13-20(18)29)34-26-21(30)6-5-7-22(26)31/h5-13,34H,3-4,14-15H2,1-2H3,(H,32,35)(H,33,38). The Morgan fingerprint density at radius 2 is 1.57 bits per heavy atom. The first-order chi connectivity index (χ1) is 19.1. The molecule has 3 aromatic carbocycles. The van der Waals surface area contributed by atoms with Crippen molar-refractivity contribution in [3.8, 4) is 5.75 Å². The largest absolute Gasteiger partial charge is 0.493 e. The van der Waals surface area contributed by atoms with Crippen molar-refractivity contribution in [2.24, 2.45) is 0 Å². The van der Waals surface area contributed by atoms with E-state index >= 15 is 0 Å². The Labute approximate surface area is 233 Å². The van der Waals surface area contributed by atoms with E-state index in [1.54, 1.807) is 13.8 Å². The fourth-order valence-electron chi connectivity index (χ4n) is 3.52. The number of nitrogens with one attached hydrogen (secondary N) is 3. The van der Waals surface area contributed by atoms with Gasteiger partial charge in [0.05, 0.1) is 30.3 Å². The van der Waals surface area contributed by atoms with Crippen molar-refractivity contribution in [1.29, 1.82) is 0 Å². The van der Waals surface area contributed by atoms with Crippen LogP contribution in [0.2, 0.25) is 5.02 Å². The predicted octanol–water partition coefficient (Wildman–Crippen LogP) is 4.40. The monoisotopic (exact) mass is 573 g/mol. The van der Waals surface area contributed by atoms with Crippen LogP contribution in [0.25, 0.3) is 0 Å². The number of hydrogen-bond donors (Lipinski definition) is 3. The number of carbonyl (C=O) groups is 4. The number of carbonyl (C=O) groups excluding carboxylic acids is 4. The van der Waals surface area contributed by atoms with Gasteiger partial charge in [0.2, 0.25) is 5.91 Å². The second-order valence-electron chi connectivity index (χ2n) is 8.15. The van der Waals surface area contributed by atoms with Crippen LogP contribution in [-0.2, 0) is 14.3 Å². The van der Waals surface area contributed by atoms with Crippen LogP contribution >= 0.6 is 11.6 Å². The second kappa shape index (κ2) is 14.0. The van der Waals surface area contributed by atoms with E-state index in [9.17, 15) is 28.0 Å². The van der Waals surface area contributed by atoms with Gasteiger partial charge in [-0.3, -0.25) is 19.2 Å². The topological polar surface area (TPSA) is 123 Å². The van der Waals surface area contributed by atoms with Gasteiger partial charge < -0.3 is 25.4 Å². The van der Waals surface area contributed by atoms with Gasteiger partial charge in [-0.05, 0) is 62.4 Å². The SMILES string of the molecule is CCOC(=O)CNC(=O)CNC(=O)c1ccc(OCC)c(C(=O)c2ccc(Nc3c(F)cccc3F)cc2Cl)c1. The summed E-state index contributed by atoms with van der Waals surface area (Å²) in [6.45, 7) is 3.00. The van der Waals surface area contributed by atoms with E-state index in [2.05, 4.69) is 16.0 Å². The summed E-state index contributed by atoms with van der Waals surface area (Å²) in [7, 11) is 0. The van der Waals surface area contributed by atoms with Crippen molar-refractivity contribution >= 4 is 46.5 Å². The summed E-state index contributed by atoms with van der Waals surface area (Å²) in [5.74, 6) is -3.85. The van der Waals surface area contributed by atoms with Gasteiger partial charge in [-0.1, -0.05) is 17.7 Å². The molecule has 40 heavy (non-hydrogen) atoms. The zero-order valence-electron chi connectivity index (χ0n) is 21.6. The maximum absolute atomic E-state index is 14.0.